The van der Waals surface area contributed by atoms with E-state index in [-0.39, 0.29) is 17.9 Å². The summed E-state index contributed by atoms with van der Waals surface area (Å²) in [5, 5.41) is 2.47. The maximum absolute atomic E-state index is 12.2. The number of amides is 2. The first-order valence-corrected chi connectivity index (χ1v) is 6.23. The van der Waals surface area contributed by atoms with E-state index in [9.17, 15) is 9.59 Å². The van der Waals surface area contributed by atoms with Crippen molar-refractivity contribution in [2.75, 3.05) is 13.6 Å². The van der Waals surface area contributed by atoms with Gasteiger partial charge in [0.1, 0.15) is 0 Å². The molecule has 2 atom stereocenters. The van der Waals surface area contributed by atoms with Crippen molar-refractivity contribution in [2.45, 2.75) is 18.9 Å². The molecule has 0 saturated carbocycles. The quantitative estimate of drug-likeness (QED) is 0.752. The molecule has 94 valence electrons. The smallest absolute Gasteiger partial charge is 0.235 e. The summed E-state index contributed by atoms with van der Waals surface area (Å²) < 4.78 is 0. The Balaban J connectivity index is 2.05. The summed E-state index contributed by atoms with van der Waals surface area (Å²) in [5.74, 6) is -0.248. The van der Waals surface area contributed by atoms with Crippen molar-refractivity contribution < 1.29 is 9.59 Å². The third-order valence-electron chi connectivity index (χ3n) is 4.17. The van der Waals surface area contributed by atoms with E-state index in [1.807, 2.05) is 37.4 Å². The van der Waals surface area contributed by atoms with Gasteiger partial charge in [-0.25, -0.2) is 0 Å². The molecule has 2 fully saturated rings. The average molecular weight is 244 g/mol. The molecule has 2 saturated heterocycles. The molecule has 2 amide bonds. The zero-order valence-corrected chi connectivity index (χ0v) is 10.3. The summed E-state index contributed by atoms with van der Waals surface area (Å²) in [4.78, 5) is 25.9. The third kappa shape index (κ3) is 1.49. The van der Waals surface area contributed by atoms with Crippen molar-refractivity contribution in [3.63, 3.8) is 0 Å². The number of benzene rings is 1. The number of imide groups is 1. The van der Waals surface area contributed by atoms with Crippen LogP contribution in [0.15, 0.2) is 30.3 Å². The van der Waals surface area contributed by atoms with Crippen LogP contribution in [0.4, 0.5) is 0 Å². The second-order valence-electron chi connectivity index (χ2n) is 5.25. The number of carbonyl (C=O) groups excluding carboxylic acids is 2. The lowest BCUT2D eigenvalue weighted by Crippen LogP contribution is -2.36. The van der Waals surface area contributed by atoms with Crippen LogP contribution < -0.4 is 5.32 Å². The number of rotatable bonds is 1. The zero-order chi connectivity index (χ0) is 12.8. The Morgan fingerprint density at radius 1 is 1.28 bits per heavy atom. The van der Waals surface area contributed by atoms with Gasteiger partial charge in [-0.1, -0.05) is 30.3 Å². The molecular weight excluding hydrogens is 228 g/mol. The van der Waals surface area contributed by atoms with Crippen molar-refractivity contribution in [3.05, 3.63) is 35.9 Å². The van der Waals surface area contributed by atoms with Crippen LogP contribution in [0, 0.1) is 5.41 Å². The Morgan fingerprint density at radius 2 is 2.00 bits per heavy atom. The third-order valence-corrected chi connectivity index (χ3v) is 4.17. The van der Waals surface area contributed by atoms with E-state index in [0.717, 1.165) is 18.5 Å². The number of likely N-dealkylation sites (tertiary alicyclic amines) is 1. The van der Waals surface area contributed by atoms with E-state index in [0.29, 0.717) is 6.42 Å². The molecule has 1 spiro atoms. The SMILES string of the molecule is CN1CC[C@@]2(CC(=O)NC2=O)[C@H]1c1ccccc1. The Morgan fingerprint density at radius 3 is 2.61 bits per heavy atom. The standard InChI is InChI=1S/C14H16N2O2/c1-16-8-7-14(9-11(17)15-13(14)18)12(16)10-5-3-2-4-6-10/h2-6,12H,7-9H2,1H3,(H,15,17,18)/t12-,14-/m1/s1. The van der Waals surface area contributed by atoms with Crippen LogP contribution in [0.2, 0.25) is 0 Å². The maximum atomic E-state index is 12.2. The van der Waals surface area contributed by atoms with Gasteiger partial charge < -0.3 is 0 Å². The van der Waals surface area contributed by atoms with Gasteiger partial charge in [-0.3, -0.25) is 19.8 Å². The van der Waals surface area contributed by atoms with E-state index >= 15 is 0 Å². The van der Waals surface area contributed by atoms with Crippen LogP contribution in [-0.4, -0.2) is 30.3 Å². The normalized spacial score (nSPS) is 32.2. The molecule has 4 nitrogen and oxygen atoms in total. The molecule has 0 aromatic heterocycles. The van der Waals surface area contributed by atoms with Crippen molar-refractivity contribution in [3.8, 4) is 0 Å². The maximum Gasteiger partial charge on any atom is 0.235 e. The number of hydrogen-bond acceptors (Lipinski definition) is 3. The highest BCUT2D eigenvalue weighted by Gasteiger charge is 2.56. The molecule has 1 N–H and O–H groups in total. The minimum atomic E-state index is -0.562. The topological polar surface area (TPSA) is 49.4 Å². The molecular formula is C14H16N2O2. The summed E-state index contributed by atoms with van der Waals surface area (Å²) in [6.45, 7) is 0.847. The molecule has 18 heavy (non-hydrogen) atoms. The first-order chi connectivity index (χ1) is 8.63. The minimum absolute atomic E-state index is 0.00477. The van der Waals surface area contributed by atoms with Gasteiger partial charge in [0, 0.05) is 12.5 Å². The van der Waals surface area contributed by atoms with E-state index in [1.54, 1.807) is 0 Å². The molecule has 0 radical (unpaired) electrons. The average Bonchev–Trinajstić information content (AvgIpc) is 2.82. The highest BCUT2D eigenvalue weighted by molar-refractivity contribution is 6.06. The predicted molar refractivity (Wildman–Crippen MR) is 66.6 cm³/mol. The fraction of sp³-hybridized carbons (Fsp3) is 0.429. The fourth-order valence-electron chi connectivity index (χ4n) is 3.36. The number of nitrogens with one attached hydrogen (secondary N) is 1. The van der Waals surface area contributed by atoms with Crippen LogP contribution in [0.25, 0.3) is 0 Å². The Labute approximate surface area is 106 Å². The van der Waals surface area contributed by atoms with Gasteiger partial charge in [-0.05, 0) is 25.6 Å². The second kappa shape index (κ2) is 3.92. The Bertz CT molecular complexity index is 500. The van der Waals surface area contributed by atoms with Crippen LogP contribution >= 0.6 is 0 Å². The lowest BCUT2D eigenvalue weighted by atomic mass is 9.76. The summed E-state index contributed by atoms with van der Waals surface area (Å²) in [5.41, 5.74) is 0.551. The molecule has 2 aliphatic heterocycles. The van der Waals surface area contributed by atoms with E-state index in [4.69, 9.17) is 0 Å². The van der Waals surface area contributed by atoms with Gasteiger partial charge in [0.2, 0.25) is 11.8 Å². The first-order valence-electron chi connectivity index (χ1n) is 6.23. The van der Waals surface area contributed by atoms with Crippen LogP contribution in [0.5, 0.6) is 0 Å². The van der Waals surface area contributed by atoms with Crippen molar-refractivity contribution in [1.29, 1.82) is 0 Å². The summed E-state index contributed by atoms with van der Waals surface area (Å²) >= 11 is 0. The summed E-state index contributed by atoms with van der Waals surface area (Å²) in [6, 6.07) is 9.98. The number of hydrogen-bond donors (Lipinski definition) is 1. The fourth-order valence-corrected chi connectivity index (χ4v) is 3.36. The van der Waals surface area contributed by atoms with Gasteiger partial charge in [0.05, 0.1) is 5.41 Å². The lowest BCUT2D eigenvalue weighted by Gasteiger charge is -2.31. The first kappa shape index (κ1) is 11.4. The van der Waals surface area contributed by atoms with Crippen LogP contribution in [0.1, 0.15) is 24.4 Å². The van der Waals surface area contributed by atoms with Crippen LogP contribution in [-0.2, 0) is 9.59 Å². The largest absolute Gasteiger partial charge is 0.298 e. The molecule has 1 aromatic carbocycles. The van der Waals surface area contributed by atoms with Crippen molar-refractivity contribution >= 4 is 11.8 Å². The van der Waals surface area contributed by atoms with E-state index in [1.165, 1.54) is 0 Å². The molecule has 2 aliphatic rings. The molecule has 0 aliphatic carbocycles. The lowest BCUT2D eigenvalue weighted by molar-refractivity contribution is -0.129. The number of nitrogens with zero attached hydrogens (tertiary/aromatic N) is 1. The molecule has 4 heteroatoms. The minimum Gasteiger partial charge on any atom is -0.298 e. The van der Waals surface area contributed by atoms with Gasteiger partial charge >= 0.3 is 0 Å². The highest BCUT2D eigenvalue weighted by atomic mass is 16.2. The predicted octanol–water partition coefficient (Wildman–Crippen LogP) is 1.10. The van der Waals surface area contributed by atoms with E-state index < -0.39 is 5.41 Å². The van der Waals surface area contributed by atoms with E-state index in [2.05, 4.69) is 10.2 Å². The van der Waals surface area contributed by atoms with Crippen molar-refractivity contribution in [1.82, 2.24) is 10.2 Å². The molecule has 3 rings (SSSR count). The van der Waals surface area contributed by atoms with Gasteiger partial charge in [0.25, 0.3) is 0 Å². The number of carbonyl (C=O) groups is 2. The van der Waals surface area contributed by atoms with Gasteiger partial charge in [-0.15, -0.1) is 0 Å². The summed E-state index contributed by atoms with van der Waals surface area (Å²) in [7, 11) is 2.02. The molecule has 0 unspecified atom stereocenters. The van der Waals surface area contributed by atoms with Gasteiger partial charge in [-0.2, -0.15) is 0 Å². The highest BCUT2D eigenvalue weighted by Crippen LogP contribution is 2.50. The second-order valence-corrected chi connectivity index (χ2v) is 5.25. The molecule has 0 bridgehead atoms. The molecule has 2 heterocycles. The van der Waals surface area contributed by atoms with Crippen LogP contribution in [0.3, 0.4) is 0 Å². The Kier molecular flexibility index (Phi) is 2.48. The Hall–Kier alpha value is -1.68. The zero-order valence-electron chi connectivity index (χ0n) is 10.3. The monoisotopic (exact) mass is 244 g/mol. The van der Waals surface area contributed by atoms with Gasteiger partial charge in [0.15, 0.2) is 0 Å². The summed E-state index contributed by atoms with van der Waals surface area (Å²) in [6.07, 6.45) is 1.07. The van der Waals surface area contributed by atoms with Crippen molar-refractivity contribution in [2.24, 2.45) is 5.41 Å². The molecule has 1 aromatic rings.